The number of hydrogen-bond acceptors (Lipinski definition) is 4. The Morgan fingerprint density at radius 3 is 2.50 bits per heavy atom. The lowest BCUT2D eigenvalue weighted by molar-refractivity contribution is 0.589. The van der Waals surface area contributed by atoms with Gasteiger partial charge in [-0.2, -0.15) is 0 Å². The van der Waals surface area contributed by atoms with Gasteiger partial charge in [-0.15, -0.1) is 11.3 Å². The summed E-state index contributed by atoms with van der Waals surface area (Å²) in [4.78, 5) is 7.90. The van der Waals surface area contributed by atoms with Crippen LogP contribution in [-0.2, 0) is 13.1 Å². The van der Waals surface area contributed by atoms with E-state index in [2.05, 4.69) is 67.3 Å². The van der Waals surface area contributed by atoms with Crippen molar-refractivity contribution in [2.75, 3.05) is 11.9 Å². The second-order valence-corrected chi connectivity index (χ2v) is 6.36. The average molecular weight is 289 g/mol. The van der Waals surface area contributed by atoms with E-state index < -0.39 is 0 Å². The van der Waals surface area contributed by atoms with Crippen LogP contribution >= 0.6 is 11.3 Å². The van der Waals surface area contributed by atoms with Gasteiger partial charge in [-0.25, -0.2) is 4.98 Å². The third-order valence-corrected chi connectivity index (χ3v) is 4.24. The smallest absolute Gasteiger partial charge is 0.0798 e. The Balaban J connectivity index is 1.97. The number of rotatable bonds is 6. The van der Waals surface area contributed by atoms with E-state index in [9.17, 15) is 0 Å². The Bertz CT molecular complexity index is 531. The standard InChI is InChI=1S/C16H23N3S/c1-12(2)17-9-14-5-7-15(8-6-14)19(4)10-16-13(3)18-11-20-16/h5-8,11-12,17H,9-10H2,1-4H3. The van der Waals surface area contributed by atoms with Crippen molar-refractivity contribution in [3.63, 3.8) is 0 Å². The molecule has 0 aliphatic rings. The van der Waals surface area contributed by atoms with Crippen LogP contribution in [0.4, 0.5) is 5.69 Å². The molecule has 108 valence electrons. The number of nitrogens with one attached hydrogen (secondary N) is 1. The highest BCUT2D eigenvalue weighted by atomic mass is 32.1. The van der Waals surface area contributed by atoms with Gasteiger partial charge in [0.25, 0.3) is 0 Å². The van der Waals surface area contributed by atoms with Crippen LogP contribution in [0.2, 0.25) is 0 Å². The number of aromatic nitrogens is 1. The third kappa shape index (κ3) is 4.05. The summed E-state index contributed by atoms with van der Waals surface area (Å²) in [6, 6.07) is 9.29. The maximum atomic E-state index is 4.30. The molecule has 1 N–H and O–H groups in total. The van der Waals surface area contributed by atoms with Gasteiger partial charge >= 0.3 is 0 Å². The molecule has 0 saturated heterocycles. The third-order valence-electron chi connectivity index (χ3n) is 3.32. The van der Waals surface area contributed by atoms with Gasteiger partial charge in [0.2, 0.25) is 0 Å². The summed E-state index contributed by atoms with van der Waals surface area (Å²) in [6.45, 7) is 8.25. The maximum absolute atomic E-state index is 4.30. The van der Waals surface area contributed by atoms with Crippen molar-refractivity contribution in [2.24, 2.45) is 0 Å². The first-order chi connectivity index (χ1) is 9.56. The molecule has 1 aromatic carbocycles. The van der Waals surface area contributed by atoms with Crippen LogP contribution in [0, 0.1) is 6.92 Å². The number of thiazole rings is 1. The Kier molecular flexibility index (Phi) is 5.15. The molecule has 0 radical (unpaired) electrons. The molecule has 1 aromatic heterocycles. The normalized spacial score (nSPS) is 11.1. The van der Waals surface area contributed by atoms with Crippen molar-refractivity contribution < 1.29 is 0 Å². The van der Waals surface area contributed by atoms with Gasteiger partial charge in [-0.1, -0.05) is 26.0 Å². The number of benzene rings is 1. The van der Waals surface area contributed by atoms with Gasteiger partial charge in [0, 0.05) is 30.2 Å². The second kappa shape index (κ2) is 6.86. The minimum atomic E-state index is 0.520. The molecule has 1 heterocycles. The fourth-order valence-electron chi connectivity index (χ4n) is 1.97. The van der Waals surface area contributed by atoms with E-state index in [1.54, 1.807) is 11.3 Å². The summed E-state index contributed by atoms with van der Waals surface area (Å²) in [5, 5.41) is 3.43. The first kappa shape index (κ1) is 15.0. The molecule has 0 amide bonds. The highest BCUT2D eigenvalue weighted by Gasteiger charge is 2.06. The van der Waals surface area contributed by atoms with Crippen molar-refractivity contribution in [1.29, 1.82) is 0 Å². The summed E-state index contributed by atoms with van der Waals surface area (Å²) >= 11 is 1.72. The van der Waals surface area contributed by atoms with Crippen molar-refractivity contribution in [3.8, 4) is 0 Å². The van der Waals surface area contributed by atoms with Gasteiger partial charge in [0.05, 0.1) is 17.7 Å². The monoisotopic (exact) mass is 289 g/mol. The lowest BCUT2D eigenvalue weighted by atomic mass is 10.2. The van der Waals surface area contributed by atoms with Crippen molar-refractivity contribution in [2.45, 2.75) is 39.9 Å². The van der Waals surface area contributed by atoms with Gasteiger partial charge in [-0.3, -0.25) is 0 Å². The van der Waals surface area contributed by atoms with Crippen molar-refractivity contribution in [1.82, 2.24) is 10.3 Å². The molecule has 0 spiro atoms. The maximum Gasteiger partial charge on any atom is 0.0798 e. The molecule has 2 aromatic rings. The fraction of sp³-hybridized carbons (Fsp3) is 0.438. The van der Waals surface area contributed by atoms with Gasteiger partial charge in [-0.05, 0) is 24.6 Å². The fourth-order valence-corrected chi connectivity index (χ4v) is 2.80. The van der Waals surface area contributed by atoms with E-state index in [-0.39, 0.29) is 0 Å². The number of aryl methyl sites for hydroxylation is 1. The first-order valence-corrected chi connectivity index (χ1v) is 7.86. The molecule has 0 saturated carbocycles. The largest absolute Gasteiger partial charge is 0.369 e. The molecule has 0 aliphatic heterocycles. The molecule has 0 aliphatic carbocycles. The predicted molar refractivity (Wildman–Crippen MR) is 87.4 cm³/mol. The first-order valence-electron chi connectivity index (χ1n) is 6.98. The molecule has 0 bridgehead atoms. The molecule has 3 nitrogen and oxygen atoms in total. The number of hydrogen-bond donors (Lipinski definition) is 1. The molecule has 0 fully saturated rings. The molecular weight excluding hydrogens is 266 g/mol. The van der Waals surface area contributed by atoms with Crippen LogP contribution in [0.3, 0.4) is 0 Å². The molecule has 20 heavy (non-hydrogen) atoms. The average Bonchev–Trinajstić information content (AvgIpc) is 2.82. The number of nitrogens with zero attached hydrogens (tertiary/aromatic N) is 2. The van der Waals surface area contributed by atoms with Gasteiger partial charge < -0.3 is 10.2 Å². The van der Waals surface area contributed by atoms with E-state index in [4.69, 9.17) is 0 Å². The molecular formula is C16H23N3S. The Morgan fingerprint density at radius 1 is 1.25 bits per heavy atom. The highest BCUT2D eigenvalue weighted by molar-refractivity contribution is 7.09. The van der Waals surface area contributed by atoms with Crippen LogP contribution in [0.25, 0.3) is 0 Å². The van der Waals surface area contributed by atoms with Gasteiger partial charge in [0.15, 0.2) is 0 Å². The summed E-state index contributed by atoms with van der Waals surface area (Å²) in [5.74, 6) is 0. The Hall–Kier alpha value is -1.39. The van der Waals surface area contributed by atoms with E-state index in [1.165, 1.54) is 16.1 Å². The van der Waals surface area contributed by atoms with Crippen molar-refractivity contribution >= 4 is 17.0 Å². The van der Waals surface area contributed by atoms with Crippen LogP contribution in [0.1, 0.15) is 30.0 Å². The van der Waals surface area contributed by atoms with Crippen LogP contribution in [0.15, 0.2) is 29.8 Å². The molecule has 4 heteroatoms. The van der Waals surface area contributed by atoms with Crippen LogP contribution in [0.5, 0.6) is 0 Å². The lowest BCUT2D eigenvalue weighted by Crippen LogP contribution is -2.22. The van der Waals surface area contributed by atoms with Gasteiger partial charge in [0.1, 0.15) is 0 Å². The summed E-state index contributed by atoms with van der Waals surface area (Å²) in [6.07, 6.45) is 0. The van der Waals surface area contributed by atoms with E-state index in [0.29, 0.717) is 6.04 Å². The second-order valence-electron chi connectivity index (χ2n) is 5.42. The topological polar surface area (TPSA) is 28.2 Å². The molecule has 2 rings (SSSR count). The minimum Gasteiger partial charge on any atom is -0.369 e. The van der Waals surface area contributed by atoms with Crippen LogP contribution < -0.4 is 10.2 Å². The highest BCUT2D eigenvalue weighted by Crippen LogP contribution is 2.20. The summed E-state index contributed by atoms with van der Waals surface area (Å²) < 4.78 is 0. The summed E-state index contributed by atoms with van der Waals surface area (Å²) in [5.41, 5.74) is 5.62. The Morgan fingerprint density at radius 2 is 1.95 bits per heavy atom. The van der Waals surface area contributed by atoms with E-state index in [0.717, 1.165) is 18.8 Å². The molecule has 0 atom stereocenters. The zero-order chi connectivity index (χ0) is 14.5. The van der Waals surface area contributed by atoms with E-state index >= 15 is 0 Å². The molecule has 0 unspecified atom stereocenters. The quantitative estimate of drug-likeness (QED) is 0.881. The predicted octanol–water partition coefficient (Wildman–Crippen LogP) is 3.59. The number of anilines is 1. The van der Waals surface area contributed by atoms with Crippen LogP contribution in [-0.4, -0.2) is 18.1 Å². The lowest BCUT2D eigenvalue weighted by Gasteiger charge is -2.19. The zero-order valence-electron chi connectivity index (χ0n) is 12.7. The minimum absolute atomic E-state index is 0.520. The Labute approximate surface area is 125 Å². The van der Waals surface area contributed by atoms with Crippen molar-refractivity contribution in [3.05, 3.63) is 45.9 Å². The van der Waals surface area contributed by atoms with E-state index in [1.807, 2.05) is 5.51 Å². The zero-order valence-corrected chi connectivity index (χ0v) is 13.5. The summed E-state index contributed by atoms with van der Waals surface area (Å²) in [7, 11) is 2.13. The SMILES string of the molecule is Cc1ncsc1CN(C)c1ccc(CNC(C)C)cc1.